The van der Waals surface area contributed by atoms with Gasteiger partial charge in [0.2, 0.25) is 5.91 Å². The standard InChI is InChI=1S/C18H22N2O/c1-3-17(14-8-6-5-7-9-14)19-12-15-10-11-16(13-19)20(15)18(21)4-2/h1,5-9,15-17H,4,10-13H2,2H3. The Morgan fingerprint density at radius 3 is 2.43 bits per heavy atom. The van der Waals surface area contributed by atoms with E-state index in [2.05, 4.69) is 27.9 Å². The van der Waals surface area contributed by atoms with Gasteiger partial charge < -0.3 is 4.90 Å². The molecule has 21 heavy (non-hydrogen) atoms. The van der Waals surface area contributed by atoms with Crippen molar-refractivity contribution >= 4 is 5.91 Å². The van der Waals surface area contributed by atoms with Crippen LogP contribution in [-0.2, 0) is 4.79 Å². The molecule has 3 unspecified atom stereocenters. The molecule has 2 aliphatic heterocycles. The van der Waals surface area contributed by atoms with E-state index in [9.17, 15) is 4.79 Å². The van der Waals surface area contributed by atoms with Crippen LogP contribution in [0.15, 0.2) is 30.3 Å². The molecule has 2 heterocycles. The molecule has 1 aromatic rings. The molecule has 0 radical (unpaired) electrons. The molecule has 3 nitrogen and oxygen atoms in total. The second-order valence-corrected chi connectivity index (χ2v) is 5.97. The van der Waals surface area contributed by atoms with Crippen molar-refractivity contribution in [3.05, 3.63) is 35.9 Å². The number of piperazine rings is 1. The summed E-state index contributed by atoms with van der Waals surface area (Å²) in [6.07, 6.45) is 8.62. The maximum atomic E-state index is 12.1. The van der Waals surface area contributed by atoms with Gasteiger partial charge in [-0.25, -0.2) is 0 Å². The molecular formula is C18H22N2O. The number of fused-ring (bicyclic) bond motifs is 2. The normalized spacial score (nSPS) is 26.4. The van der Waals surface area contributed by atoms with E-state index in [4.69, 9.17) is 6.42 Å². The fraction of sp³-hybridized carbons (Fsp3) is 0.500. The van der Waals surface area contributed by atoms with Crippen LogP contribution in [-0.4, -0.2) is 40.9 Å². The summed E-state index contributed by atoms with van der Waals surface area (Å²) >= 11 is 0. The number of hydrogen-bond acceptors (Lipinski definition) is 2. The van der Waals surface area contributed by atoms with Gasteiger partial charge in [-0.05, 0) is 18.4 Å². The first-order chi connectivity index (χ1) is 10.2. The Morgan fingerprint density at radius 1 is 1.29 bits per heavy atom. The van der Waals surface area contributed by atoms with Gasteiger partial charge in [-0.3, -0.25) is 9.69 Å². The quantitative estimate of drug-likeness (QED) is 0.795. The van der Waals surface area contributed by atoms with Crippen LogP contribution in [0.1, 0.15) is 37.8 Å². The first-order valence-corrected chi connectivity index (χ1v) is 7.81. The van der Waals surface area contributed by atoms with Crippen molar-refractivity contribution in [1.82, 2.24) is 9.80 Å². The van der Waals surface area contributed by atoms with E-state index in [1.165, 1.54) is 5.56 Å². The third-order valence-corrected chi connectivity index (χ3v) is 4.74. The highest BCUT2D eigenvalue weighted by atomic mass is 16.2. The zero-order chi connectivity index (χ0) is 14.8. The summed E-state index contributed by atoms with van der Waals surface area (Å²) in [5.41, 5.74) is 1.18. The molecule has 3 rings (SSSR count). The molecule has 0 aliphatic carbocycles. The molecule has 1 amide bonds. The molecular weight excluding hydrogens is 260 g/mol. The van der Waals surface area contributed by atoms with Crippen LogP contribution in [0.3, 0.4) is 0 Å². The van der Waals surface area contributed by atoms with Crippen molar-refractivity contribution in [2.24, 2.45) is 0 Å². The molecule has 2 saturated heterocycles. The lowest BCUT2D eigenvalue weighted by Gasteiger charge is -2.43. The summed E-state index contributed by atoms with van der Waals surface area (Å²) < 4.78 is 0. The Morgan fingerprint density at radius 2 is 1.90 bits per heavy atom. The van der Waals surface area contributed by atoms with E-state index in [1.54, 1.807) is 0 Å². The maximum absolute atomic E-state index is 12.1. The maximum Gasteiger partial charge on any atom is 0.222 e. The minimum absolute atomic E-state index is 0.0215. The molecule has 0 saturated carbocycles. The molecule has 0 spiro atoms. The Labute approximate surface area is 126 Å². The highest BCUT2D eigenvalue weighted by Crippen LogP contribution is 2.34. The summed E-state index contributed by atoms with van der Waals surface area (Å²) in [5.74, 6) is 3.23. The largest absolute Gasteiger partial charge is 0.334 e. The summed E-state index contributed by atoms with van der Waals surface area (Å²) in [6.45, 7) is 3.74. The Bertz CT molecular complexity index is 534. The first-order valence-electron chi connectivity index (χ1n) is 7.81. The van der Waals surface area contributed by atoms with Gasteiger partial charge >= 0.3 is 0 Å². The molecule has 3 heteroatoms. The lowest BCUT2D eigenvalue weighted by atomic mass is 10.0. The molecule has 2 bridgehead atoms. The second kappa shape index (κ2) is 5.91. The number of carbonyl (C=O) groups excluding carboxylic acids is 1. The number of carbonyl (C=O) groups is 1. The molecule has 0 aromatic heterocycles. The topological polar surface area (TPSA) is 23.6 Å². The van der Waals surface area contributed by atoms with Crippen molar-refractivity contribution < 1.29 is 4.79 Å². The molecule has 2 aliphatic rings. The number of benzene rings is 1. The van der Waals surface area contributed by atoms with Crippen molar-refractivity contribution in [2.45, 2.75) is 44.3 Å². The second-order valence-electron chi connectivity index (χ2n) is 5.97. The Hall–Kier alpha value is -1.79. The third-order valence-electron chi connectivity index (χ3n) is 4.74. The van der Waals surface area contributed by atoms with E-state index >= 15 is 0 Å². The molecule has 2 fully saturated rings. The van der Waals surface area contributed by atoms with Gasteiger partial charge in [0, 0.05) is 31.6 Å². The van der Waals surface area contributed by atoms with Gasteiger partial charge in [0.25, 0.3) is 0 Å². The predicted molar refractivity (Wildman–Crippen MR) is 83.5 cm³/mol. The summed E-state index contributed by atoms with van der Waals surface area (Å²) in [5, 5.41) is 0. The number of terminal acetylenes is 1. The van der Waals surface area contributed by atoms with E-state index in [-0.39, 0.29) is 6.04 Å². The van der Waals surface area contributed by atoms with Crippen LogP contribution in [0.4, 0.5) is 0 Å². The average Bonchev–Trinajstić information content (AvgIpc) is 2.79. The van der Waals surface area contributed by atoms with Crippen molar-refractivity contribution in [3.8, 4) is 12.3 Å². The number of rotatable bonds is 3. The van der Waals surface area contributed by atoms with Gasteiger partial charge in [-0.15, -0.1) is 6.42 Å². The average molecular weight is 282 g/mol. The van der Waals surface area contributed by atoms with Crippen molar-refractivity contribution in [2.75, 3.05) is 13.1 Å². The molecule has 0 N–H and O–H groups in total. The smallest absolute Gasteiger partial charge is 0.222 e. The van der Waals surface area contributed by atoms with E-state index in [0.29, 0.717) is 24.4 Å². The minimum atomic E-state index is 0.0215. The van der Waals surface area contributed by atoms with Crippen LogP contribution in [0, 0.1) is 12.3 Å². The van der Waals surface area contributed by atoms with Crippen LogP contribution < -0.4 is 0 Å². The minimum Gasteiger partial charge on any atom is -0.334 e. The molecule has 1 aromatic carbocycles. The van der Waals surface area contributed by atoms with E-state index in [1.807, 2.05) is 25.1 Å². The van der Waals surface area contributed by atoms with Crippen LogP contribution in [0.25, 0.3) is 0 Å². The van der Waals surface area contributed by atoms with Gasteiger partial charge in [0.1, 0.15) is 0 Å². The van der Waals surface area contributed by atoms with Crippen molar-refractivity contribution in [1.29, 1.82) is 0 Å². The van der Waals surface area contributed by atoms with Gasteiger partial charge in [-0.2, -0.15) is 0 Å². The summed E-state index contributed by atoms with van der Waals surface area (Å²) in [7, 11) is 0. The highest BCUT2D eigenvalue weighted by molar-refractivity contribution is 5.77. The van der Waals surface area contributed by atoms with E-state index < -0.39 is 0 Å². The number of hydrogen-bond donors (Lipinski definition) is 0. The van der Waals surface area contributed by atoms with E-state index in [0.717, 1.165) is 25.9 Å². The van der Waals surface area contributed by atoms with Gasteiger partial charge in [0.15, 0.2) is 0 Å². The predicted octanol–water partition coefficient (Wildman–Crippen LogP) is 2.45. The van der Waals surface area contributed by atoms with Gasteiger partial charge in [-0.1, -0.05) is 43.2 Å². The fourth-order valence-electron chi connectivity index (χ4n) is 3.78. The lowest BCUT2D eigenvalue weighted by molar-refractivity contribution is -0.136. The zero-order valence-electron chi connectivity index (χ0n) is 12.5. The zero-order valence-corrected chi connectivity index (χ0v) is 12.5. The van der Waals surface area contributed by atoms with Crippen molar-refractivity contribution in [3.63, 3.8) is 0 Å². The number of amides is 1. The number of nitrogens with zero attached hydrogens (tertiary/aromatic N) is 2. The van der Waals surface area contributed by atoms with Crippen LogP contribution in [0.2, 0.25) is 0 Å². The Kier molecular flexibility index (Phi) is 3.98. The molecule has 3 atom stereocenters. The summed E-state index contributed by atoms with van der Waals surface area (Å²) in [6, 6.07) is 11.0. The highest BCUT2D eigenvalue weighted by Gasteiger charge is 2.43. The monoisotopic (exact) mass is 282 g/mol. The van der Waals surface area contributed by atoms with Crippen LogP contribution in [0.5, 0.6) is 0 Å². The number of likely N-dealkylation sites (tertiary alicyclic amines) is 1. The first kappa shape index (κ1) is 14.2. The Balaban J connectivity index is 1.78. The lowest BCUT2D eigenvalue weighted by Crippen LogP contribution is -2.56. The third kappa shape index (κ3) is 2.56. The van der Waals surface area contributed by atoms with Crippen LogP contribution >= 0.6 is 0 Å². The SMILES string of the molecule is C#CC(c1ccccc1)N1CC2CCC(C1)N2C(=O)CC. The molecule has 110 valence electrons. The fourth-order valence-corrected chi connectivity index (χ4v) is 3.78. The summed E-state index contributed by atoms with van der Waals surface area (Å²) in [4.78, 5) is 16.6. The van der Waals surface area contributed by atoms with Gasteiger partial charge in [0.05, 0.1) is 6.04 Å².